The lowest BCUT2D eigenvalue weighted by Crippen LogP contribution is -2.14. The van der Waals surface area contributed by atoms with Crippen LogP contribution < -0.4 is 0 Å². The van der Waals surface area contributed by atoms with Crippen molar-refractivity contribution in [2.75, 3.05) is 0 Å². The fraction of sp³-hybridized carbons (Fsp3) is 0.850. The summed E-state index contributed by atoms with van der Waals surface area (Å²) in [5.41, 5.74) is 1.02. The van der Waals surface area contributed by atoms with Gasteiger partial charge < -0.3 is 0 Å². The second kappa shape index (κ2) is 9.43. The van der Waals surface area contributed by atoms with Crippen LogP contribution in [0.15, 0.2) is 12.2 Å². The van der Waals surface area contributed by atoms with Crippen LogP contribution in [-0.4, -0.2) is 5.78 Å². The van der Waals surface area contributed by atoms with Crippen LogP contribution in [0.25, 0.3) is 0 Å². The van der Waals surface area contributed by atoms with Gasteiger partial charge in [-0.05, 0) is 25.7 Å². The number of rotatable bonds is 13. The topological polar surface area (TPSA) is 17.1 Å². The van der Waals surface area contributed by atoms with Gasteiger partial charge in [0.05, 0.1) is 5.41 Å². The van der Waals surface area contributed by atoms with Gasteiger partial charge in [-0.2, -0.15) is 0 Å². The molecule has 0 saturated heterocycles. The summed E-state index contributed by atoms with van der Waals surface area (Å²) in [7, 11) is 0. The molecule has 0 bridgehead atoms. The van der Waals surface area contributed by atoms with Gasteiger partial charge in [0.2, 0.25) is 0 Å². The first-order chi connectivity index (χ1) is 10.1. The van der Waals surface area contributed by atoms with Gasteiger partial charge in [0.1, 0.15) is 5.78 Å². The molecule has 0 N–H and O–H groups in total. The van der Waals surface area contributed by atoms with Crippen molar-refractivity contribution >= 4 is 5.78 Å². The molecule has 1 heteroatoms. The number of allylic oxidation sites excluding steroid dienone is 1. The summed E-state index contributed by atoms with van der Waals surface area (Å²) in [5.74, 6) is 0.909. The summed E-state index contributed by atoms with van der Waals surface area (Å²) >= 11 is 0. The number of hydrogen-bond acceptors (Lipinski definition) is 1. The Morgan fingerprint density at radius 3 is 1.86 bits per heavy atom. The Kier molecular flexibility index (Phi) is 8.29. The first-order valence-corrected chi connectivity index (χ1v) is 9.31. The molecule has 0 aliphatic heterocycles. The maximum absolute atomic E-state index is 12.3. The van der Waals surface area contributed by atoms with Crippen LogP contribution in [-0.2, 0) is 4.79 Å². The van der Waals surface area contributed by atoms with Gasteiger partial charge in [0.25, 0.3) is 0 Å². The van der Waals surface area contributed by atoms with Gasteiger partial charge in [-0.1, -0.05) is 83.8 Å². The summed E-state index contributed by atoms with van der Waals surface area (Å²) in [4.78, 5) is 12.3. The molecular weight excluding hydrogens is 256 g/mol. The van der Waals surface area contributed by atoms with E-state index in [1.54, 1.807) is 0 Å². The fourth-order valence-corrected chi connectivity index (χ4v) is 3.66. The molecule has 0 aromatic carbocycles. The fourth-order valence-electron chi connectivity index (χ4n) is 3.66. The zero-order chi connectivity index (χ0) is 15.7. The van der Waals surface area contributed by atoms with Crippen LogP contribution in [0, 0.1) is 11.3 Å². The van der Waals surface area contributed by atoms with Gasteiger partial charge in [-0.25, -0.2) is 0 Å². The number of carbonyl (C=O) groups excluding carboxylic acids is 1. The van der Waals surface area contributed by atoms with Crippen LogP contribution in [0.1, 0.15) is 97.8 Å². The predicted octanol–water partition coefficient (Wildman–Crippen LogP) is 6.47. The summed E-state index contributed by atoms with van der Waals surface area (Å²) in [6, 6.07) is 0. The third kappa shape index (κ3) is 5.27. The van der Waals surface area contributed by atoms with Crippen molar-refractivity contribution in [3.63, 3.8) is 0 Å². The van der Waals surface area contributed by atoms with E-state index in [0.717, 1.165) is 19.3 Å². The van der Waals surface area contributed by atoms with Crippen LogP contribution in [0.5, 0.6) is 0 Å². The highest BCUT2D eigenvalue weighted by Gasteiger charge is 2.57. The van der Waals surface area contributed by atoms with E-state index >= 15 is 0 Å². The number of unbranched alkanes of at least 4 members (excludes halogenated alkanes) is 9. The molecule has 1 fully saturated rings. The molecular formula is C20H36O. The highest BCUT2D eigenvalue weighted by atomic mass is 16.1. The summed E-state index contributed by atoms with van der Waals surface area (Å²) < 4.78 is 0. The van der Waals surface area contributed by atoms with Crippen LogP contribution in [0.2, 0.25) is 0 Å². The van der Waals surface area contributed by atoms with Crippen LogP contribution in [0.3, 0.4) is 0 Å². The molecule has 0 spiro atoms. The molecule has 1 aliphatic rings. The Morgan fingerprint density at radius 1 is 0.952 bits per heavy atom. The molecule has 1 rings (SSSR count). The zero-order valence-electron chi connectivity index (χ0n) is 14.7. The van der Waals surface area contributed by atoms with Crippen LogP contribution >= 0.6 is 0 Å². The highest BCUT2D eigenvalue weighted by Crippen LogP contribution is 2.59. The average Bonchev–Trinajstić information content (AvgIpc) is 3.03. The second-order valence-corrected chi connectivity index (χ2v) is 7.04. The molecule has 122 valence electrons. The minimum atomic E-state index is -0.159. The largest absolute Gasteiger partial charge is 0.299 e. The smallest absolute Gasteiger partial charge is 0.143 e. The van der Waals surface area contributed by atoms with Gasteiger partial charge >= 0.3 is 0 Å². The average molecular weight is 293 g/mol. The molecule has 0 heterocycles. The zero-order valence-corrected chi connectivity index (χ0v) is 14.7. The molecule has 0 aromatic rings. The minimum Gasteiger partial charge on any atom is -0.299 e. The Bertz CT molecular complexity index is 331. The van der Waals surface area contributed by atoms with Gasteiger partial charge in [0, 0.05) is 6.42 Å². The number of hydrogen-bond donors (Lipinski definition) is 0. The van der Waals surface area contributed by atoms with E-state index in [0.29, 0.717) is 11.7 Å². The maximum atomic E-state index is 12.3. The molecule has 1 aliphatic carbocycles. The summed E-state index contributed by atoms with van der Waals surface area (Å²) in [6.07, 6.45) is 15.1. The Morgan fingerprint density at radius 2 is 1.43 bits per heavy atom. The van der Waals surface area contributed by atoms with Crippen molar-refractivity contribution in [1.29, 1.82) is 0 Å². The lowest BCUT2D eigenvalue weighted by atomic mass is 9.94. The Labute approximate surface area is 132 Å². The van der Waals surface area contributed by atoms with Crippen molar-refractivity contribution in [1.82, 2.24) is 0 Å². The predicted molar refractivity (Wildman–Crippen MR) is 92.5 cm³/mol. The van der Waals surface area contributed by atoms with E-state index in [9.17, 15) is 4.79 Å². The lowest BCUT2D eigenvalue weighted by molar-refractivity contribution is -0.123. The molecule has 2 atom stereocenters. The van der Waals surface area contributed by atoms with Crippen LogP contribution in [0.4, 0.5) is 0 Å². The van der Waals surface area contributed by atoms with Crippen molar-refractivity contribution in [2.45, 2.75) is 97.8 Å². The van der Waals surface area contributed by atoms with Crippen molar-refractivity contribution < 1.29 is 4.79 Å². The van der Waals surface area contributed by atoms with E-state index < -0.39 is 0 Å². The molecule has 0 unspecified atom stereocenters. The van der Waals surface area contributed by atoms with E-state index in [-0.39, 0.29) is 5.41 Å². The third-order valence-corrected chi connectivity index (χ3v) is 5.45. The summed E-state index contributed by atoms with van der Waals surface area (Å²) in [6.45, 7) is 10.6. The van der Waals surface area contributed by atoms with E-state index in [4.69, 9.17) is 0 Å². The SMILES string of the molecule is C=C1[C@H](CC)[C@@]1(C)C(=O)CCCCCCCCCCCC. The first-order valence-electron chi connectivity index (χ1n) is 9.31. The Hall–Kier alpha value is -0.590. The monoisotopic (exact) mass is 292 g/mol. The van der Waals surface area contributed by atoms with E-state index in [1.807, 2.05) is 0 Å². The maximum Gasteiger partial charge on any atom is 0.143 e. The molecule has 1 nitrogen and oxygen atoms in total. The highest BCUT2D eigenvalue weighted by molar-refractivity contribution is 5.93. The third-order valence-electron chi connectivity index (χ3n) is 5.45. The van der Waals surface area contributed by atoms with E-state index in [1.165, 1.54) is 63.4 Å². The normalized spacial score (nSPS) is 24.3. The minimum absolute atomic E-state index is 0.159. The molecule has 1 saturated carbocycles. The quantitative estimate of drug-likeness (QED) is 0.281. The number of Topliss-reactive ketones (excluding diaryl/α,β-unsaturated/α-hetero) is 1. The van der Waals surface area contributed by atoms with Gasteiger partial charge in [-0.3, -0.25) is 4.79 Å². The van der Waals surface area contributed by atoms with Gasteiger partial charge in [0.15, 0.2) is 0 Å². The Balaban J connectivity index is 1.95. The van der Waals surface area contributed by atoms with E-state index in [2.05, 4.69) is 27.4 Å². The first kappa shape index (κ1) is 18.5. The standard InChI is InChI=1S/C20H36O/c1-5-7-8-9-10-11-12-13-14-15-16-19(21)20(4)17(3)18(20)6-2/h18H,3,5-16H2,1-2,4H3/t18-,20-/m0/s1. The number of ketones is 1. The second-order valence-electron chi connectivity index (χ2n) is 7.04. The summed E-state index contributed by atoms with van der Waals surface area (Å²) in [5, 5.41) is 0. The molecule has 0 amide bonds. The van der Waals surface area contributed by atoms with Crippen molar-refractivity contribution in [3.05, 3.63) is 12.2 Å². The number of carbonyl (C=O) groups is 1. The van der Waals surface area contributed by atoms with Crippen molar-refractivity contribution in [2.24, 2.45) is 11.3 Å². The molecule has 0 radical (unpaired) electrons. The molecule has 21 heavy (non-hydrogen) atoms. The van der Waals surface area contributed by atoms with Crippen molar-refractivity contribution in [3.8, 4) is 0 Å². The van der Waals surface area contributed by atoms with Gasteiger partial charge in [-0.15, -0.1) is 0 Å². The lowest BCUT2D eigenvalue weighted by Gasteiger charge is -2.08. The molecule has 0 aromatic heterocycles.